The second-order valence-corrected chi connectivity index (χ2v) is 8.76. The molecule has 4 heteroatoms. The molecule has 4 nitrogen and oxygen atoms in total. The van der Waals surface area contributed by atoms with E-state index in [4.69, 9.17) is 4.74 Å². The summed E-state index contributed by atoms with van der Waals surface area (Å²) in [5.41, 5.74) is 2.48. The third-order valence-electron chi connectivity index (χ3n) is 5.87. The standard InChI is InChI=1S/C21H30N2O2/c1-14-13-23(20(24)15-7-8-15)10-9-18(14)22-12-17-6-4-5-16-11-21(2,3)25-19(16)17/h4-6,14-15,18,22H,7-13H2,1-3H3/t14-,18-/m0/s1. The van der Waals surface area contributed by atoms with Crippen molar-refractivity contribution >= 4 is 5.91 Å². The first-order valence-electron chi connectivity index (χ1n) is 9.75. The molecule has 2 fully saturated rings. The maximum absolute atomic E-state index is 12.3. The molecule has 0 bridgehead atoms. The predicted octanol–water partition coefficient (Wildman–Crippen LogP) is 3.14. The van der Waals surface area contributed by atoms with Crippen molar-refractivity contribution in [2.75, 3.05) is 13.1 Å². The highest BCUT2D eigenvalue weighted by atomic mass is 16.5. The number of carbonyl (C=O) groups is 1. The Labute approximate surface area is 150 Å². The number of fused-ring (bicyclic) bond motifs is 1. The Morgan fingerprint density at radius 3 is 2.84 bits per heavy atom. The fourth-order valence-corrected chi connectivity index (χ4v) is 4.30. The summed E-state index contributed by atoms with van der Waals surface area (Å²) in [5, 5.41) is 3.73. The van der Waals surface area contributed by atoms with E-state index < -0.39 is 0 Å². The maximum atomic E-state index is 12.3. The molecule has 1 N–H and O–H groups in total. The number of carbonyl (C=O) groups excluding carboxylic acids is 1. The van der Waals surface area contributed by atoms with Crippen molar-refractivity contribution in [2.45, 2.75) is 64.6 Å². The van der Waals surface area contributed by atoms with Crippen molar-refractivity contribution in [3.8, 4) is 5.75 Å². The Balaban J connectivity index is 1.35. The zero-order valence-corrected chi connectivity index (χ0v) is 15.7. The topological polar surface area (TPSA) is 41.6 Å². The number of para-hydroxylation sites is 1. The third kappa shape index (κ3) is 3.55. The lowest BCUT2D eigenvalue weighted by molar-refractivity contribution is -0.134. The molecule has 2 heterocycles. The van der Waals surface area contributed by atoms with Crippen molar-refractivity contribution in [3.63, 3.8) is 0 Å². The number of benzene rings is 1. The van der Waals surface area contributed by atoms with Gasteiger partial charge in [0, 0.05) is 43.6 Å². The summed E-state index contributed by atoms with van der Waals surface area (Å²) in [7, 11) is 0. The number of nitrogens with zero attached hydrogens (tertiary/aromatic N) is 1. The Morgan fingerprint density at radius 2 is 2.12 bits per heavy atom. The van der Waals surface area contributed by atoms with E-state index in [1.54, 1.807) is 0 Å². The number of hydrogen-bond donors (Lipinski definition) is 1. The van der Waals surface area contributed by atoms with Crippen molar-refractivity contribution in [1.82, 2.24) is 10.2 Å². The maximum Gasteiger partial charge on any atom is 0.225 e. The van der Waals surface area contributed by atoms with Crippen LogP contribution in [0.2, 0.25) is 0 Å². The Kier molecular flexibility index (Phi) is 4.27. The normalized spacial score (nSPS) is 27.7. The molecule has 4 rings (SSSR count). The van der Waals surface area contributed by atoms with E-state index in [1.165, 1.54) is 11.1 Å². The Morgan fingerprint density at radius 1 is 1.32 bits per heavy atom. The van der Waals surface area contributed by atoms with E-state index >= 15 is 0 Å². The summed E-state index contributed by atoms with van der Waals surface area (Å²) in [6.45, 7) is 9.19. The smallest absolute Gasteiger partial charge is 0.225 e. The molecule has 3 aliphatic rings. The molecule has 1 amide bonds. The van der Waals surface area contributed by atoms with Crippen LogP contribution in [0.3, 0.4) is 0 Å². The van der Waals surface area contributed by atoms with Gasteiger partial charge in [-0.05, 0) is 44.6 Å². The minimum absolute atomic E-state index is 0.0970. The lowest BCUT2D eigenvalue weighted by atomic mass is 9.93. The van der Waals surface area contributed by atoms with Crippen LogP contribution in [0.25, 0.3) is 0 Å². The molecule has 1 saturated heterocycles. The number of piperidine rings is 1. The van der Waals surface area contributed by atoms with Crippen molar-refractivity contribution < 1.29 is 9.53 Å². The second kappa shape index (κ2) is 6.31. The summed E-state index contributed by atoms with van der Waals surface area (Å²) < 4.78 is 6.18. The summed E-state index contributed by atoms with van der Waals surface area (Å²) in [6, 6.07) is 6.96. The van der Waals surface area contributed by atoms with Gasteiger partial charge in [0.1, 0.15) is 11.4 Å². The van der Waals surface area contributed by atoms with Gasteiger partial charge in [-0.25, -0.2) is 0 Å². The first-order chi connectivity index (χ1) is 11.9. The number of likely N-dealkylation sites (tertiary alicyclic amines) is 1. The second-order valence-electron chi connectivity index (χ2n) is 8.76. The summed E-state index contributed by atoms with van der Waals surface area (Å²) in [4.78, 5) is 14.4. The SMILES string of the molecule is C[C@H]1CN(C(=O)C2CC2)CC[C@@H]1NCc1cccc2c1OC(C)(C)C2. The molecule has 1 aromatic rings. The van der Waals surface area contributed by atoms with Gasteiger partial charge >= 0.3 is 0 Å². The number of amides is 1. The van der Waals surface area contributed by atoms with Crippen LogP contribution in [0.4, 0.5) is 0 Å². The fourth-order valence-electron chi connectivity index (χ4n) is 4.30. The molecular formula is C21H30N2O2. The van der Waals surface area contributed by atoms with Crippen LogP contribution in [0, 0.1) is 11.8 Å². The van der Waals surface area contributed by atoms with Gasteiger partial charge in [0.15, 0.2) is 0 Å². The van der Waals surface area contributed by atoms with Crippen LogP contribution in [0.1, 0.15) is 51.2 Å². The monoisotopic (exact) mass is 342 g/mol. The van der Waals surface area contributed by atoms with Crippen LogP contribution in [0.15, 0.2) is 18.2 Å². The Bertz CT molecular complexity index is 666. The molecule has 25 heavy (non-hydrogen) atoms. The van der Waals surface area contributed by atoms with Gasteiger partial charge in [-0.1, -0.05) is 25.1 Å². The van der Waals surface area contributed by atoms with Gasteiger partial charge in [-0.2, -0.15) is 0 Å². The van der Waals surface area contributed by atoms with Crippen molar-refractivity contribution in [2.24, 2.45) is 11.8 Å². The molecule has 136 valence electrons. The lowest BCUT2D eigenvalue weighted by Gasteiger charge is -2.37. The first kappa shape index (κ1) is 16.9. The highest BCUT2D eigenvalue weighted by molar-refractivity contribution is 5.81. The lowest BCUT2D eigenvalue weighted by Crippen LogP contribution is -2.50. The molecule has 2 aliphatic heterocycles. The van der Waals surface area contributed by atoms with Gasteiger partial charge in [0.25, 0.3) is 0 Å². The van der Waals surface area contributed by atoms with Crippen LogP contribution in [0.5, 0.6) is 5.75 Å². The van der Waals surface area contributed by atoms with Crippen molar-refractivity contribution in [3.05, 3.63) is 29.3 Å². The predicted molar refractivity (Wildman–Crippen MR) is 98.6 cm³/mol. The average molecular weight is 342 g/mol. The number of nitrogens with one attached hydrogen (secondary N) is 1. The van der Waals surface area contributed by atoms with Gasteiger partial charge < -0.3 is 15.0 Å². The van der Waals surface area contributed by atoms with Gasteiger partial charge in [-0.3, -0.25) is 4.79 Å². The minimum Gasteiger partial charge on any atom is -0.487 e. The van der Waals surface area contributed by atoms with E-state index in [0.717, 1.165) is 51.1 Å². The largest absolute Gasteiger partial charge is 0.487 e. The highest BCUT2D eigenvalue weighted by Gasteiger charge is 2.37. The summed E-state index contributed by atoms with van der Waals surface area (Å²) in [5.74, 6) is 2.30. The van der Waals surface area contributed by atoms with E-state index in [9.17, 15) is 4.79 Å². The molecular weight excluding hydrogens is 312 g/mol. The summed E-state index contributed by atoms with van der Waals surface area (Å²) in [6.07, 6.45) is 4.22. The molecule has 0 unspecified atom stereocenters. The number of ether oxygens (including phenoxy) is 1. The molecule has 1 aliphatic carbocycles. The zero-order valence-electron chi connectivity index (χ0n) is 15.7. The number of rotatable bonds is 4. The average Bonchev–Trinajstić information content (AvgIpc) is 3.35. The molecule has 1 aromatic carbocycles. The van der Waals surface area contributed by atoms with Gasteiger partial charge in [0.05, 0.1) is 0 Å². The van der Waals surface area contributed by atoms with E-state index in [-0.39, 0.29) is 5.60 Å². The quantitative estimate of drug-likeness (QED) is 0.914. The molecule has 0 aromatic heterocycles. The fraction of sp³-hybridized carbons (Fsp3) is 0.667. The molecule has 0 radical (unpaired) electrons. The summed E-state index contributed by atoms with van der Waals surface area (Å²) >= 11 is 0. The van der Waals surface area contributed by atoms with Crippen molar-refractivity contribution in [1.29, 1.82) is 0 Å². The number of hydrogen-bond acceptors (Lipinski definition) is 3. The Hall–Kier alpha value is -1.55. The molecule has 0 spiro atoms. The van der Waals surface area contributed by atoms with E-state index in [0.29, 0.717) is 23.8 Å². The highest BCUT2D eigenvalue weighted by Crippen LogP contribution is 2.37. The molecule has 1 saturated carbocycles. The zero-order chi connectivity index (χ0) is 17.6. The van der Waals surface area contributed by atoms with Crippen LogP contribution in [-0.2, 0) is 17.8 Å². The van der Waals surface area contributed by atoms with Crippen LogP contribution >= 0.6 is 0 Å². The van der Waals surface area contributed by atoms with Gasteiger partial charge in [-0.15, -0.1) is 0 Å². The first-order valence-corrected chi connectivity index (χ1v) is 9.75. The minimum atomic E-state index is -0.0970. The molecule has 2 atom stereocenters. The third-order valence-corrected chi connectivity index (χ3v) is 5.87. The van der Waals surface area contributed by atoms with Gasteiger partial charge in [0.2, 0.25) is 5.91 Å². The van der Waals surface area contributed by atoms with Crippen LogP contribution in [-0.4, -0.2) is 35.5 Å². The van der Waals surface area contributed by atoms with Crippen LogP contribution < -0.4 is 10.1 Å². The van der Waals surface area contributed by atoms with E-state index in [2.05, 4.69) is 49.2 Å². The van der Waals surface area contributed by atoms with E-state index in [1.807, 2.05) is 0 Å².